The summed E-state index contributed by atoms with van der Waals surface area (Å²) in [4.78, 5) is 0. The Morgan fingerprint density at radius 3 is 2.08 bits per heavy atom. The van der Waals surface area contributed by atoms with E-state index in [4.69, 9.17) is 0 Å². The van der Waals surface area contributed by atoms with Crippen LogP contribution in [0.15, 0.2) is 0 Å². The average molecular weight is 168 g/mol. The zero-order valence-corrected chi connectivity index (χ0v) is 8.81. The molecule has 1 rings (SSSR count). The molecule has 0 N–H and O–H groups in total. The second-order valence-corrected chi connectivity index (χ2v) is 4.49. The van der Waals surface area contributed by atoms with Crippen LogP contribution < -0.4 is 0 Å². The lowest BCUT2D eigenvalue weighted by molar-refractivity contribution is 0.167. The van der Waals surface area contributed by atoms with Gasteiger partial charge < -0.3 is 0 Å². The average Bonchev–Trinajstić information content (AvgIpc) is 2.00. The lowest BCUT2D eigenvalue weighted by atomic mass is 9.71. The molecule has 0 aromatic heterocycles. The van der Waals surface area contributed by atoms with Gasteiger partial charge in [-0.2, -0.15) is 0 Å². The molecule has 0 aliphatic heterocycles. The first kappa shape index (κ1) is 10.1. The molecular weight excluding hydrogens is 144 g/mol. The van der Waals surface area contributed by atoms with E-state index >= 15 is 0 Å². The maximum Gasteiger partial charge on any atom is -0.0409 e. The van der Waals surface area contributed by atoms with Crippen LogP contribution in [0.4, 0.5) is 0 Å². The molecule has 1 saturated carbocycles. The quantitative estimate of drug-likeness (QED) is 0.516. The number of unbranched alkanes of at least 4 members (excludes halogenated alkanes) is 2. The minimum atomic E-state index is 1.11. The Balaban J connectivity index is 1.88. The molecule has 0 heteroatoms. The van der Waals surface area contributed by atoms with Gasteiger partial charge in [0, 0.05) is 0 Å². The van der Waals surface area contributed by atoms with E-state index in [-0.39, 0.29) is 0 Å². The maximum absolute atomic E-state index is 2.31. The van der Waals surface area contributed by atoms with Crippen LogP contribution in [0.3, 0.4) is 0 Å². The molecule has 0 bridgehead atoms. The van der Waals surface area contributed by atoms with E-state index in [2.05, 4.69) is 13.8 Å². The largest absolute Gasteiger partial charge is 0.0654 e. The number of hydrogen-bond donors (Lipinski definition) is 0. The lowest BCUT2D eigenvalue weighted by Gasteiger charge is -2.35. The SMILES string of the molecule is CCCCCC1CC(CCC)C1. The Bertz CT molecular complexity index is 97.9. The van der Waals surface area contributed by atoms with Crippen LogP contribution in [0.1, 0.15) is 65.2 Å². The normalized spacial score (nSPS) is 28.5. The molecular formula is C12H24. The molecule has 0 aromatic carbocycles. The van der Waals surface area contributed by atoms with Gasteiger partial charge in [0.05, 0.1) is 0 Å². The van der Waals surface area contributed by atoms with Crippen molar-refractivity contribution in [2.45, 2.75) is 65.2 Å². The van der Waals surface area contributed by atoms with E-state index in [1.54, 1.807) is 12.8 Å². The molecule has 1 fully saturated rings. The zero-order chi connectivity index (χ0) is 8.81. The summed E-state index contributed by atoms with van der Waals surface area (Å²) in [5, 5.41) is 0. The van der Waals surface area contributed by atoms with Crippen molar-refractivity contribution >= 4 is 0 Å². The van der Waals surface area contributed by atoms with Crippen LogP contribution in [-0.2, 0) is 0 Å². The summed E-state index contributed by atoms with van der Waals surface area (Å²) in [7, 11) is 0. The van der Waals surface area contributed by atoms with E-state index in [0.29, 0.717) is 0 Å². The Morgan fingerprint density at radius 2 is 1.50 bits per heavy atom. The third-order valence-electron chi connectivity index (χ3n) is 3.25. The van der Waals surface area contributed by atoms with Crippen molar-refractivity contribution in [1.29, 1.82) is 0 Å². The zero-order valence-electron chi connectivity index (χ0n) is 8.81. The summed E-state index contributed by atoms with van der Waals surface area (Å²) < 4.78 is 0. The first-order chi connectivity index (χ1) is 5.86. The van der Waals surface area contributed by atoms with E-state index in [9.17, 15) is 0 Å². The number of hydrogen-bond acceptors (Lipinski definition) is 0. The van der Waals surface area contributed by atoms with Crippen molar-refractivity contribution in [1.82, 2.24) is 0 Å². The molecule has 0 saturated heterocycles. The van der Waals surface area contributed by atoms with Crippen molar-refractivity contribution in [2.24, 2.45) is 11.8 Å². The van der Waals surface area contributed by atoms with Crippen molar-refractivity contribution in [2.75, 3.05) is 0 Å². The van der Waals surface area contributed by atoms with Gasteiger partial charge in [-0.15, -0.1) is 0 Å². The molecule has 72 valence electrons. The van der Waals surface area contributed by atoms with Crippen molar-refractivity contribution in [3.63, 3.8) is 0 Å². The molecule has 0 nitrogen and oxygen atoms in total. The van der Waals surface area contributed by atoms with Gasteiger partial charge in [0.15, 0.2) is 0 Å². The third kappa shape index (κ3) is 3.16. The van der Waals surface area contributed by atoms with Gasteiger partial charge in [-0.05, 0) is 24.7 Å². The molecule has 1 aliphatic rings. The van der Waals surface area contributed by atoms with Crippen LogP contribution in [-0.4, -0.2) is 0 Å². The van der Waals surface area contributed by atoms with E-state index in [0.717, 1.165) is 11.8 Å². The van der Waals surface area contributed by atoms with Crippen molar-refractivity contribution < 1.29 is 0 Å². The topological polar surface area (TPSA) is 0 Å². The Kier molecular flexibility index (Phi) is 4.72. The highest BCUT2D eigenvalue weighted by molar-refractivity contribution is 4.78. The van der Waals surface area contributed by atoms with Crippen LogP contribution in [0.25, 0.3) is 0 Å². The molecule has 0 heterocycles. The summed E-state index contributed by atoms with van der Waals surface area (Å²) in [6, 6.07) is 0. The second-order valence-electron chi connectivity index (χ2n) is 4.49. The van der Waals surface area contributed by atoms with Gasteiger partial charge in [0.1, 0.15) is 0 Å². The fourth-order valence-corrected chi connectivity index (χ4v) is 2.44. The minimum Gasteiger partial charge on any atom is -0.0654 e. The smallest absolute Gasteiger partial charge is 0.0409 e. The Labute approximate surface area is 77.7 Å². The van der Waals surface area contributed by atoms with E-state index in [1.165, 1.54) is 38.5 Å². The summed E-state index contributed by atoms with van der Waals surface area (Å²) in [5.41, 5.74) is 0. The minimum absolute atomic E-state index is 1.11. The van der Waals surface area contributed by atoms with E-state index in [1.807, 2.05) is 0 Å². The van der Waals surface area contributed by atoms with Crippen LogP contribution >= 0.6 is 0 Å². The van der Waals surface area contributed by atoms with Gasteiger partial charge >= 0.3 is 0 Å². The molecule has 0 atom stereocenters. The number of rotatable bonds is 6. The van der Waals surface area contributed by atoms with Crippen LogP contribution in [0, 0.1) is 11.8 Å². The fourth-order valence-electron chi connectivity index (χ4n) is 2.44. The Morgan fingerprint density at radius 1 is 0.833 bits per heavy atom. The van der Waals surface area contributed by atoms with Crippen LogP contribution in [0.2, 0.25) is 0 Å². The second kappa shape index (κ2) is 5.61. The third-order valence-corrected chi connectivity index (χ3v) is 3.25. The molecule has 0 radical (unpaired) electrons. The molecule has 0 amide bonds. The molecule has 1 aliphatic carbocycles. The van der Waals surface area contributed by atoms with Gasteiger partial charge in [-0.3, -0.25) is 0 Å². The first-order valence-electron chi connectivity index (χ1n) is 5.86. The summed E-state index contributed by atoms with van der Waals surface area (Å²) in [6.07, 6.45) is 11.8. The van der Waals surface area contributed by atoms with Gasteiger partial charge in [-0.25, -0.2) is 0 Å². The summed E-state index contributed by atoms with van der Waals surface area (Å²) in [5.74, 6) is 2.23. The molecule has 0 aromatic rings. The summed E-state index contributed by atoms with van der Waals surface area (Å²) >= 11 is 0. The standard InChI is InChI=1S/C12H24/c1-3-5-6-8-12-9-11(10-12)7-4-2/h11-12H,3-10H2,1-2H3. The molecule has 0 unspecified atom stereocenters. The molecule has 12 heavy (non-hydrogen) atoms. The molecule has 0 spiro atoms. The van der Waals surface area contributed by atoms with Crippen molar-refractivity contribution in [3.8, 4) is 0 Å². The maximum atomic E-state index is 2.31. The first-order valence-corrected chi connectivity index (χ1v) is 5.86. The van der Waals surface area contributed by atoms with Gasteiger partial charge in [0.2, 0.25) is 0 Å². The fraction of sp³-hybridized carbons (Fsp3) is 1.00. The van der Waals surface area contributed by atoms with Gasteiger partial charge in [0.25, 0.3) is 0 Å². The van der Waals surface area contributed by atoms with Crippen LogP contribution in [0.5, 0.6) is 0 Å². The predicted molar refractivity (Wildman–Crippen MR) is 55.3 cm³/mol. The Hall–Kier alpha value is 0. The van der Waals surface area contributed by atoms with E-state index < -0.39 is 0 Å². The highest BCUT2D eigenvalue weighted by Gasteiger charge is 2.27. The lowest BCUT2D eigenvalue weighted by Crippen LogP contribution is -2.23. The predicted octanol–water partition coefficient (Wildman–Crippen LogP) is 4.39. The van der Waals surface area contributed by atoms with Gasteiger partial charge in [-0.1, -0.05) is 52.4 Å². The summed E-state index contributed by atoms with van der Waals surface area (Å²) in [6.45, 7) is 4.60. The highest BCUT2D eigenvalue weighted by atomic mass is 14.3. The highest BCUT2D eigenvalue weighted by Crippen LogP contribution is 2.39. The monoisotopic (exact) mass is 168 g/mol. The van der Waals surface area contributed by atoms with Crippen molar-refractivity contribution in [3.05, 3.63) is 0 Å².